The average molecular weight is 429 g/mol. The number of hydrogen-bond donors (Lipinski definition) is 1. The largest absolute Gasteiger partial charge is 0.456 e. The molecule has 33 heavy (non-hydrogen) atoms. The molecule has 160 valence electrons. The summed E-state index contributed by atoms with van der Waals surface area (Å²) in [5.41, 5.74) is 12.7. The third-order valence-electron chi connectivity index (χ3n) is 6.39. The third-order valence-corrected chi connectivity index (χ3v) is 6.39. The van der Waals surface area contributed by atoms with Gasteiger partial charge in [0.05, 0.1) is 5.54 Å². The summed E-state index contributed by atoms with van der Waals surface area (Å²) in [7, 11) is 0. The van der Waals surface area contributed by atoms with Crippen LogP contribution in [0.25, 0.3) is 21.9 Å². The number of allylic oxidation sites excluding steroid dienone is 2. The van der Waals surface area contributed by atoms with Crippen molar-refractivity contribution in [1.29, 1.82) is 0 Å². The van der Waals surface area contributed by atoms with Crippen LogP contribution in [0.1, 0.15) is 12.0 Å². The molecule has 0 spiro atoms. The number of benzene rings is 4. The molecule has 1 aromatic heterocycles. The summed E-state index contributed by atoms with van der Waals surface area (Å²) in [6.07, 6.45) is 7.02. The molecule has 4 aromatic carbocycles. The van der Waals surface area contributed by atoms with E-state index in [0.717, 1.165) is 44.6 Å². The molecular formula is C30H24N2O. The van der Waals surface area contributed by atoms with Gasteiger partial charge in [-0.25, -0.2) is 0 Å². The van der Waals surface area contributed by atoms with Gasteiger partial charge in [0.15, 0.2) is 0 Å². The van der Waals surface area contributed by atoms with Crippen LogP contribution < -0.4 is 10.6 Å². The highest BCUT2D eigenvalue weighted by molar-refractivity contribution is 6.05. The lowest BCUT2D eigenvalue weighted by Crippen LogP contribution is -2.38. The second-order valence-electron chi connectivity index (χ2n) is 8.55. The Balaban J connectivity index is 1.42. The second-order valence-corrected chi connectivity index (χ2v) is 8.55. The van der Waals surface area contributed by atoms with E-state index in [1.165, 1.54) is 0 Å². The fourth-order valence-corrected chi connectivity index (χ4v) is 4.75. The minimum Gasteiger partial charge on any atom is -0.456 e. The number of nitrogens with zero attached hydrogens (tertiary/aromatic N) is 1. The molecule has 0 saturated carbocycles. The van der Waals surface area contributed by atoms with E-state index in [2.05, 4.69) is 89.9 Å². The molecule has 5 aromatic rings. The van der Waals surface area contributed by atoms with Gasteiger partial charge in [0, 0.05) is 34.3 Å². The molecule has 0 saturated heterocycles. The van der Waals surface area contributed by atoms with Crippen LogP contribution in [0.2, 0.25) is 0 Å². The predicted molar refractivity (Wildman–Crippen MR) is 136 cm³/mol. The minimum atomic E-state index is -0.627. The normalized spacial score (nSPS) is 17.9. The van der Waals surface area contributed by atoms with Gasteiger partial charge in [-0.05, 0) is 54.1 Å². The third kappa shape index (κ3) is 3.43. The van der Waals surface area contributed by atoms with Crippen molar-refractivity contribution < 1.29 is 4.42 Å². The van der Waals surface area contributed by atoms with Crippen LogP contribution in [0.15, 0.2) is 131 Å². The van der Waals surface area contributed by atoms with Crippen molar-refractivity contribution in [3.05, 3.63) is 133 Å². The van der Waals surface area contributed by atoms with Gasteiger partial charge in [-0.2, -0.15) is 0 Å². The standard InChI is InChI=1S/C30H24N2O/c31-30(22-17-18-29-27(20-22)26-15-7-8-16-28(26)33-29)19-9-14-25(21-30)32(23-10-3-1-4-11-23)24-12-5-2-6-13-24/h1-20H,21,31H2. The molecule has 2 N–H and O–H groups in total. The zero-order chi connectivity index (χ0) is 22.3. The van der Waals surface area contributed by atoms with Crippen molar-refractivity contribution >= 4 is 33.3 Å². The first-order valence-electron chi connectivity index (χ1n) is 11.2. The molecule has 6 rings (SSSR count). The maximum absolute atomic E-state index is 7.08. The van der Waals surface area contributed by atoms with Crippen molar-refractivity contribution in [1.82, 2.24) is 0 Å². The lowest BCUT2D eigenvalue weighted by atomic mass is 9.82. The zero-order valence-electron chi connectivity index (χ0n) is 18.2. The Morgan fingerprint density at radius 2 is 1.33 bits per heavy atom. The zero-order valence-corrected chi connectivity index (χ0v) is 18.2. The van der Waals surface area contributed by atoms with E-state index in [0.29, 0.717) is 6.42 Å². The van der Waals surface area contributed by atoms with Crippen LogP contribution in [-0.4, -0.2) is 0 Å². The molecule has 0 radical (unpaired) electrons. The number of nitrogens with two attached hydrogens (primary N) is 1. The van der Waals surface area contributed by atoms with Crippen molar-refractivity contribution in [2.45, 2.75) is 12.0 Å². The summed E-state index contributed by atoms with van der Waals surface area (Å²) in [5, 5.41) is 2.21. The van der Waals surface area contributed by atoms with Crippen LogP contribution >= 0.6 is 0 Å². The van der Waals surface area contributed by atoms with Crippen molar-refractivity contribution in [2.75, 3.05) is 4.90 Å². The molecule has 3 nitrogen and oxygen atoms in total. The smallest absolute Gasteiger partial charge is 0.135 e. The van der Waals surface area contributed by atoms with Crippen molar-refractivity contribution in [3.8, 4) is 0 Å². The van der Waals surface area contributed by atoms with Gasteiger partial charge in [0.2, 0.25) is 0 Å². The highest BCUT2D eigenvalue weighted by Gasteiger charge is 2.31. The predicted octanol–water partition coefficient (Wildman–Crippen LogP) is 7.42. The maximum Gasteiger partial charge on any atom is 0.135 e. The Kier molecular flexibility index (Phi) is 4.63. The molecule has 1 heterocycles. The molecular weight excluding hydrogens is 404 g/mol. The quantitative estimate of drug-likeness (QED) is 0.324. The maximum atomic E-state index is 7.08. The summed E-state index contributed by atoms with van der Waals surface area (Å²) in [6, 6.07) is 35.3. The van der Waals surface area contributed by atoms with Gasteiger partial charge in [0.1, 0.15) is 11.2 Å². The van der Waals surface area contributed by atoms with E-state index in [4.69, 9.17) is 10.2 Å². The average Bonchev–Trinajstić information content (AvgIpc) is 3.24. The number of fused-ring (bicyclic) bond motifs is 3. The molecule has 0 amide bonds. The van der Waals surface area contributed by atoms with E-state index in [9.17, 15) is 0 Å². The first-order valence-corrected chi connectivity index (χ1v) is 11.2. The Bertz CT molecular complexity index is 1460. The van der Waals surface area contributed by atoms with E-state index in [-0.39, 0.29) is 0 Å². The van der Waals surface area contributed by atoms with Gasteiger partial charge in [-0.3, -0.25) is 0 Å². The molecule has 0 fully saturated rings. The fourth-order valence-electron chi connectivity index (χ4n) is 4.75. The molecule has 3 heteroatoms. The number of furan rings is 1. The molecule has 0 bridgehead atoms. The van der Waals surface area contributed by atoms with Crippen molar-refractivity contribution in [2.24, 2.45) is 5.73 Å². The van der Waals surface area contributed by atoms with Crippen LogP contribution in [0.4, 0.5) is 11.4 Å². The van der Waals surface area contributed by atoms with Gasteiger partial charge >= 0.3 is 0 Å². The first-order chi connectivity index (χ1) is 16.2. The highest BCUT2D eigenvalue weighted by atomic mass is 16.3. The van der Waals surface area contributed by atoms with E-state index in [1.54, 1.807) is 0 Å². The summed E-state index contributed by atoms with van der Waals surface area (Å²) >= 11 is 0. The number of anilines is 2. The molecule has 0 aliphatic heterocycles. The molecule has 1 atom stereocenters. The Labute approximate surface area is 193 Å². The molecule has 1 unspecified atom stereocenters. The lowest BCUT2D eigenvalue weighted by molar-refractivity contribution is 0.544. The Morgan fingerprint density at radius 3 is 2.06 bits per heavy atom. The van der Waals surface area contributed by atoms with Gasteiger partial charge in [-0.1, -0.05) is 72.8 Å². The number of rotatable bonds is 4. The first kappa shape index (κ1) is 19.6. The molecule has 1 aliphatic rings. The minimum absolute atomic E-state index is 0.627. The van der Waals surface area contributed by atoms with Crippen LogP contribution in [-0.2, 0) is 5.54 Å². The summed E-state index contributed by atoms with van der Waals surface area (Å²) in [6.45, 7) is 0. The summed E-state index contributed by atoms with van der Waals surface area (Å²) < 4.78 is 6.02. The van der Waals surface area contributed by atoms with E-state index >= 15 is 0 Å². The van der Waals surface area contributed by atoms with Crippen molar-refractivity contribution in [3.63, 3.8) is 0 Å². The van der Waals surface area contributed by atoms with Gasteiger partial charge in [0.25, 0.3) is 0 Å². The summed E-state index contributed by atoms with van der Waals surface area (Å²) in [4.78, 5) is 2.29. The topological polar surface area (TPSA) is 42.4 Å². The highest BCUT2D eigenvalue weighted by Crippen LogP contribution is 2.40. The Morgan fingerprint density at radius 1 is 0.697 bits per heavy atom. The Hall–Kier alpha value is -4.08. The monoisotopic (exact) mass is 428 g/mol. The van der Waals surface area contributed by atoms with Gasteiger partial charge in [-0.15, -0.1) is 0 Å². The molecule has 1 aliphatic carbocycles. The van der Waals surface area contributed by atoms with E-state index in [1.807, 2.05) is 36.4 Å². The van der Waals surface area contributed by atoms with Crippen LogP contribution in [0.5, 0.6) is 0 Å². The van der Waals surface area contributed by atoms with Crippen LogP contribution in [0.3, 0.4) is 0 Å². The van der Waals surface area contributed by atoms with Crippen LogP contribution in [0, 0.1) is 0 Å². The lowest BCUT2D eigenvalue weighted by Gasteiger charge is -2.36. The second kappa shape index (κ2) is 7.80. The fraction of sp³-hybridized carbons (Fsp3) is 0.0667. The SMILES string of the molecule is NC1(c2ccc3oc4ccccc4c3c2)C=CC=C(N(c2ccccc2)c2ccccc2)C1. The van der Waals surface area contributed by atoms with E-state index < -0.39 is 5.54 Å². The number of hydrogen-bond acceptors (Lipinski definition) is 3. The summed E-state index contributed by atoms with van der Waals surface area (Å²) in [5.74, 6) is 0. The number of para-hydroxylation sites is 3. The van der Waals surface area contributed by atoms with Gasteiger partial charge < -0.3 is 15.1 Å².